The third-order valence-electron chi connectivity index (χ3n) is 6.01. The summed E-state index contributed by atoms with van der Waals surface area (Å²) in [6.07, 6.45) is 0. The van der Waals surface area contributed by atoms with E-state index in [1.165, 1.54) is 14.2 Å². The number of para-hydroxylation sites is 2. The largest absolute Gasteiger partial charge is 0.496 e. The summed E-state index contributed by atoms with van der Waals surface area (Å²) in [5.41, 5.74) is 2.82. The monoisotopic (exact) mass is 579 g/mol. The summed E-state index contributed by atoms with van der Waals surface area (Å²) >= 11 is 10.9. The third kappa shape index (κ3) is 7.23. The maximum atomic E-state index is 12.9. The first-order chi connectivity index (χ1) is 19.4. The lowest BCUT2D eigenvalue weighted by atomic mass is 10.2. The smallest absolute Gasteiger partial charge is 0.261 e. The summed E-state index contributed by atoms with van der Waals surface area (Å²) in [6.45, 7) is 2.56. The van der Waals surface area contributed by atoms with E-state index in [9.17, 15) is 9.59 Å². The van der Waals surface area contributed by atoms with Gasteiger partial charge in [0.25, 0.3) is 11.8 Å². The number of carbonyl (C=O) groups is 2. The minimum Gasteiger partial charge on any atom is -0.496 e. The highest BCUT2D eigenvalue weighted by Gasteiger charge is 2.19. The molecule has 208 valence electrons. The maximum absolute atomic E-state index is 12.9. The highest BCUT2D eigenvalue weighted by atomic mass is 32.1. The van der Waals surface area contributed by atoms with Gasteiger partial charge in [0.2, 0.25) is 0 Å². The lowest BCUT2D eigenvalue weighted by molar-refractivity contribution is 0.0966. The van der Waals surface area contributed by atoms with Crippen LogP contribution in [0.3, 0.4) is 0 Å². The van der Waals surface area contributed by atoms with Gasteiger partial charge in [-0.05, 0) is 66.9 Å². The van der Waals surface area contributed by atoms with Crippen LogP contribution in [-0.4, -0.2) is 62.6 Å². The van der Waals surface area contributed by atoms with Gasteiger partial charge < -0.3 is 29.7 Å². The van der Waals surface area contributed by atoms with Crippen molar-refractivity contribution >= 4 is 63.5 Å². The molecule has 10 nitrogen and oxygen atoms in total. The van der Waals surface area contributed by atoms with E-state index in [1.807, 2.05) is 12.1 Å². The highest BCUT2D eigenvalue weighted by Crippen LogP contribution is 2.30. The number of nitrogens with one attached hydrogen (secondary N) is 4. The van der Waals surface area contributed by atoms with Gasteiger partial charge in [-0.25, -0.2) is 0 Å². The Bertz CT molecular complexity index is 1410. The summed E-state index contributed by atoms with van der Waals surface area (Å²) in [5, 5.41) is 11.8. The van der Waals surface area contributed by atoms with Crippen LogP contribution >= 0.6 is 24.4 Å². The van der Waals surface area contributed by atoms with Crippen molar-refractivity contribution < 1.29 is 23.8 Å². The average Bonchev–Trinajstić information content (AvgIpc) is 2.97. The molecule has 4 rings (SSSR count). The number of amides is 2. The lowest BCUT2D eigenvalue weighted by Gasteiger charge is -2.31. The van der Waals surface area contributed by atoms with Crippen LogP contribution in [0.15, 0.2) is 66.7 Å². The van der Waals surface area contributed by atoms with Crippen molar-refractivity contribution in [3.63, 3.8) is 0 Å². The van der Waals surface area contributed by atoms with Crippen LogP contribution in [0.4, 0.5) is 17.1 Å². The van der Waals surface area contributed by atoms with Crippen LogP contribution in [0.2, 0.25) is 0 Å². The summed E-state index contributed by atoms with van der Waals surface area (Å²) in [6, 6.07) is 19.3. The molecule has 1 aliphatic heterocycles. The molecule has 2 amide bonds. The molecule has 1 heterocycles. The van der Waals surface area contributed by atoms with Gasteiger partial charge in [0.05, 0.1) is 49.9 Å². The Hall–Kier alpha value is -4.26. The number of ether oxygens (including phenoxy) is 3. The molecule has 0 spiro atoms. The molecule has 3 aromatic rings. The van der Waals surface area contributed by atoms with Gasteiger partial charge in [0.1, 0.15) is 11.5 Å². The number of morpholine rings is 1. The van der Waals surface area contributed by atoms with Crippen LogP contribution in [-0.2, 0) is 4.74 Å². The van der Waals surface area contributed by atoms with Gasteiger partial charge in [-0.1, -0.05) is 24.3 Å². The predicted octanol–water partition coefficient (Wildman–Crippen LogP) is 3.79. The Labute approximate surface area is 243 Å². The molecule has 0 radical (unpaired) electrons. The molecular formula is C28H29N5O5S2. The van der Waals surface area contributed by atoms with E-state index >= 15 is 0 Å². The minimum atomic E-state index is -0.405. The molecule has 3 aromatic carbocycles. The van der Waals surface area contributed by atoms with Gasteiger partial charge >= 0.3 is 0 Å². The molecule has 0 bridgehead atoms. The molecular weight excluding hydrogens is 550 g/mol. The molecule has 0 atom stereocenters. The van der Waals surface area contributed by atoms with Gasteiger partial charge in [0, 0.05) is 18.8 Å². The van der Waals surface area contributed by atoms with E-state index in [1.54, 1.807) is 54.6 Å². The van der Waals surface area contributed by atoms with E-state index in [2.05, 4.69) is 26.2 Å². The summed E-state index contributed by atoms with van der Waals surface area (Å²) in [5.74, 6) is 0.0652. The number of benzene rings is 3. The number of rotatable bonds is 7. The Morgan fingerprint density at radius 1 is 0.775 bits per heavy atom. The highest BCUT2D eigenvalue weighted by molar-refractivity contribution is 7.80. The van der Waals surface area contributed by atoms with Gasteiger partial charge in [0.15, 0.2) is 10.2 Å². The van der Waals surface area contributed by atoms with Crippen molar-refractivity contribution in [2.75, 3.05) is 56.1 Å². The number of carbonyl (C=O) groups excluding carboxylic acids is 2. The Balaban J connectivity index is 1.50. The maximum Gasteiger partial charge on any atom is 0.261 e. The Morgan fingerprint density at radius 2 is 1.30 bits per heavy atom. The molecule has 0 unspecified atom stereocenters. The first-order valence-corrected chi connectivity index (χ1v) is 13.2. The fourth-order valence-electron chi connectivity index (χ4n) is 4.12. The van der Waals surface area contributed by atoms with E-state index in [4.69, 9.17) is 38.6 Å². The van der Waals surface area contributed by atoms with Crippen LogP contribution < -0.4 is 35.6 Å². The quantitative estimate of drug-likeness (QED) is 0.309. The number of anilines is 3. The summed E-state index contributed by atoms with van der Waals surface area (Å²) < 4.78 is 16.0. The zero-order valence-corrected chi connectivity index (χ0v) is 23.6. The van der Waals surface area contributed by atoms with Crippen LogP contribution in [0.25, 0.3) is 0 Å². The first kappa shape index (κ1) is 28.7. The van der Waals surface area contributed by atoms with Gasteiger partial charge in [-0.2, -0.15) is 0 Å². The van der Waals surface area contributed by atoms with Crippen molar-refractivity contribution in [2.45, 2.75) is 0 Å². The number of nitrogens with zero attached hydrogens (tertiary/aromatic N) is 1. The average molecular weight is 580 g/mol. The third-order valence-corrected chi connectivity index (χ3v) is 6.42. The predicted molar refractivity (Wildman–Crippen MR) is 163 cm³/mol. The normalized spacial score (nSPS) is 12.6. The zero-order chi connectivity index (χ0) is 28.5. The van der Waals surface area contributed by atoms with E-state index in [0.29, 0.717) is 60.3 Å². The van der Waals surface area contributed by atoms with Gasteiger partial charge in [-0.3, -0.25) is 20.2 Å². The van der Waals surface area contributed by atoms with Crippen LogP contribution in [0.1, 0.15) is 20.7 Å². The number of thiocarbonyl (C=S) groups is 2. The molecule has 0 aliphatic carbocycles. The molecule has 4 N–H and O–H groups in total. The van der Waals surface area contributed by atoms with Gasteiger partial charge in [-0.15, -0.1) is 0 Å². The SMILES string of the molecule is COc1ccccc1C(=O)NC(=S)Nc1ccc(N2CCOCC2)c(NC(=S)NC(=O)c2ccccc2OC)c1. The molecule has 1 aliphatic rings. The molecule has 0 saturated carbocycles. The second-order valence-electron chi connectivity index (χ2n) is 8.55. The Morgan fingerprint density at radius 3 is 1.85 bits per heavy atom. The molecule has 1 saturated heterocycles. The standard InChI is InChI=1S/C28H29N5O5S2/c1-36-23-9-5-3-7-19(23)25(34)31-27(39)29-18-11-12-22(33-13-15-38-16-14-33)21(17-18)30-28(40)32-26(35)20-8-4-6-10-24(20)37-2/h3-12,17H,13-16H2,1-2H3,(H2,29,31,34,39)(H2,30,32,35,40). The fourth-order valence-corrected chi connectivity index (χ4v) is 4.53. The van der Waals surface area contributed by atoms with E-state index < -0.39 is 11.8 Å². The fraction of sp³-hybridized carbons (Fsp3) is 0.214. The van der Waals surface area contributed by atoms with Crippen molar-refractivity contribution in [3.05, 3.63) is 77.9 Å². The van der Waals surface area contributed by atoms with Crippen molar-refractivity contribution in [1.82, 2.24) is 10.6 Å². The zero-order valence-electron chi connectivity index (χ0n) is 22.0. The first-order valence-electron chi connectivity index (χ1n) is 12.4. The number of hydrogen-bond acceptors (Lipinski definition) is 8. The van der Waals surface area contributed by atoms with Crippen molar-refractivity contribution in [1.29, 1.82) is 0 Å². The Kier molecular flexibility index (Phi) is 9.84. The topological polar surface area (TPSA) is 113 Å². The van der Waals surface area contributed by atoms with Crippen LogP contribution in [0.5, 0.6) is 11.5 Å². The number of hydrogen-bond donors (Lipinski definition) is 4. The van der Waals surface area contributed by atoms with E-state index in [0.717, 1.165) is 5.69 Å². The second kappa shape index (κ2) is 13.7. The molecule has 1 fully saturated rings. The number of methoxy groups -OCH3 is 2. The molecule has 12 heteroatoms. The molecule has 40 heavy (non-hydrogen) atoms. The van der Waals surface area contributed by atoms with Crippen molar-refractivity contribution in [3.8, 4) is 11.5 Å². The molecule has 0 aromatic heterocycles. The summed E-state index contributed by atoms with van der Waals surface area (Å²) in [7, 11) is 3.00. The summed E-state index contributed by atoms with van der Waals surface area (Å²) in [4.78, 5) is 27.8. The minimum absolute atomic E-state index is 0.105. The van der Waals surface area contributed by atoms with Crippen LogP contribution in [0, 0.1) is 0 Å². The lowest BCUT2D eigenvalue weighted by Crippen LogP contribution is -2.38. The van der Waals surface area contributed by atoms with Crippen molar-refractivity contribution in [2.24, 2.45) is 0 Å². The second-order valence-corrected chi connectivity index (χ2v) is 9.36. The van der Waals surface area contributed by atoms with E-state index in [-0.39, 0.29) is 10.2 Å².